The number of carbonyl (C=O) groups is 1. The fourth-order valence-corrected chi connectivity index (χ4v) is 3.91. The van der Waals surface area contributed by atoms with E-state index < -0.39 is 11.7 Å². The molecule has 8 nitrogen and oxygen atoms in total. The number of ether oxygens (including phenoxy) is 2. The quantitative estimate of drug-likeness (QED) is 0.699. The van der Waals surface area contributed by atoms with E-state index in [1.807, 2.05) is 55.9 Å². The summed E-state index contributed by atoms with van der Waals surface area (Å²) in [5.41, 5.74) is 1.80. The normalized spacial score (nSPS) is 15.7. The maximum Gasteiger partial charge on any atom is 0.412 e. The number of carbonyl (C=O) groups excluding carboxylic acids is 1. The molecule has 176 valence electrons. The number of hydrogen-bond donors (Lipinski definition) is 1. The highest BCUT2D eigenvalue weighted by Crippen LogP contribution is 2.30. The van der Waals surface area contributed by atoms with Crippen LogP contribution in [0.4, 0.5) is 10.5 Å². The Morgan fingerprint density at radius 2 is 1.91 bits per heavy atom. The molecule has 0 aliphatic carbocycles. The van der Waals surface area contributed by atoms with Crippen LogP contribution in [0.25, 0.3) is 11.3 Å². The number of nitrogens with zero attached hydrogens (tertiary/aromatic N) is 4. The Bertz CT molecular complexity index is 895. The molecule has 0 spiro atoms. The minimum absolute atomic E-state index is 0.512. The summed E-state index contributed by atoms with van der Waals surface area (Å²) in [6, 6.07) is 8.32. The molecule has 1 N–H and O–H groups in total. The predicted octanol–water partition coefficient (Wildman–Crippen LogP) is 3.93. The Labute approximate surface area is 191 Å². The average molecular weight is 444 g/mol. The summed E-state index contributed by atoms with van der Waals surface area (Å²) in [5.74, 6) is 0.562. The highest BCUT2D eigenvalue weighted by molar-refractivity contribution is 5.87. The minimum Gasteiger partial charge on any atom is -0.495 e. The molecule has 1 saturated heterocycles. The molecule has 2 heterocycles. The topological polar surface area (TPSA) is 71.9 Å². The van der Waals surface area contributed by atoms with E-state index in [4.69, 9.17) is 14.6 Å². The van der Waals surface area contributed by atoms with Gasteiger partial charge in [0.05, 0.1) is 25.0 Å². The van der Waals surface area contributed by atoms with Crippen LogP contribution >= 0.6 is 0 Å². The molecule has 1 aromatic heterocycles. The van der Waals surface area contributed by atoms with Crippen molar-refractivity contribution in [1.29, 1.82) is 0 Å². The van der Waals surface area contributed by atoms with Crippen molar-refractivity contribution in [1.82, 2.24) is 19.6 Å². The molecule has 1 aliphatic rings. The summed E-state index contributed by atoms with van der Waals surface area (Å²) in [6.45, 7) is 9.63. The SMILES string of the molecule is COc1cc(-c2ccn(CCN3CCC(N(C)C)CC3)n2)ccc1NC(=O)OC(C)(C)C. The van der Waals surface area contributed by atoms with Gasteiger partial charge in [0.25, 0.3) is 0 Å². The zero-order valence-corrected chi connectivity index (χ0v) is 20.2. The van der Waals surface area contributed by atoms with Gasteiger partial charge in [-0.25, -0.2) is 4.79 Å². The maximum atomic E-state index is 12.1. The molecule has 2 aromatic rings. The number of piperidine rings is 1. The van der Waals surface area contributed by atoms with Crippen LogP contribution in [0, 0.1) is 0 Å². The predicted molar refractivity (Wildman–Crippen MR) is 127 cm³/mol. The van der Waals surface area contributed by atoms with Crippen molar-refractivity contribution in [2.24, 2.45) is 0 Å². The van der Waals surface area contributed by atoms with E-state index in [0.717, 1.165) is 37.4 Å². The number of likely N-dealkylation sites (tertiary alicyclic amines) is 1. The standard InChI is InChI=1S/C24H37N5O3/c1-24(2,3)32-23(30)25-21-8-7-18(17-22(21)31-6)20-11-14-29(26-20)16-15-28-12-9-19(10-13-28)27(4)5/h7-8,11,14,17,19H,9-10,12-13,15-16H2,1-6H3,(H,25,30). The van der Waals surface area contributed by atoms with Gasteiger partial charge >= 0.3 is 6.09 Å². The molecule has 0 atom stereocenters. The summed E-state index contributed by atoms with van der Waals surface area (Å²) in [5, 5.41) is 7.48. The second kappa shape index (κ2) is 10.4. The van der Waals surface area contributed by atoms with Crippen molar-refractivity contribution in [3.8, 4) is 17.0 Å². The molecule has 1 aliphatic heterocycles. The molecule has 3 rings (SSSR count). The molecule has 0 bridgehead atoms. The van der Waals surface area contributed by atoms with E-state index in [2.05, 4.69) is 29.2 Å². The van der Waals surface area contributed by atoms with Crippen molar-refractivity contribution in [2.45, 2.75) is 51.8 Å². The summed E-state index contributed by atoms with van der Waals surface area (Å²) in [6.07, 6.45) is 3.95. The van der Waals surface area contributed by atoms with Gasteiger partial charge < -0.3 is 19.3 Å². The highest BCUT2D eigenvalue weighted by Gasteiger charge is 2.20. The highest BCUT2D eigenvalue weighted by atomic mass is 16.6. The lowest BCUT2D eigenvalue weighted by molar-refractivity contribution is 0.0635. The summed E-state index contributed by atoms with van der Waals surface area (Å²) >= 11 is 0. The van der Waals surface area contributed by atoms with Crippen molar-refractivity contribution >= 4 is 11.8 Å². The van der Waals surface area contributed by atoms with E-state index in [0.29, 0.717) is 17.5 Å². The van der Waals surface area contributed by atoms with Gasteiger partial charge in [-0.2, -0.15) is 5.10 Å². The Kier molecular flexibility index (Phi) is 7.79. The smallest absolute Gasteiger partial charge is 0.412 e. The second-order valence-electron chi connectivity index (χ2n) is 9.54. The van der Waals surface area contributed by atoms with Crippen LogP contribution in [0.5, 0.6) is 5.75 Å². The van der Waals surface area contributed by atoms with Crippen LogP contribution in [0.3, 0.4) is 0 Å². The van der Waals surface area contributed by atoms with E-state index in [-0.39, 0.29) is 0 Å². The van der Waals surface area contributed by atoms with Gasteiger partial charge in [-0.3, -0.25) is 10.00 Å². The van der Waals surface area contributed by atoms with Gasteiger partial charge in [-0.1, -0.05) is 6.07 Å². The lowest BCUT2D eigenvalue weighted by atomic mass is 10.0. The van der Waals surface area contributed by atoms with Crippen LogP contribution in [-0.2, 0) is 11.3 Å². The molecule has 0 unspecified atom stereocenters. The van der Waals surface area contributed by atoms with Gasteiger partial charge in [-0.15, -0.1) is 0 Å². The first-order chi connectivity index (χ1) is 15.1. The number of hydrogen-bond acceptors (Lipinski definition) is 6. The Hall–Kier alpha value is -2.58. The zero-order valence-electron chi connectivity index (χ0n) is 20.2. The molecule has 0 saturated carbocycles. The van der Waals surface area contributed by atoms with Crippen LogP contribution in [0.1, 0.15) is 33.6 Å². The number of benzene rings is 1. The number of rotatable bonds is 7. The van der Waals surface area contributed by atoms with E-state index in [1.54, 1.807) is 7.11 Å². The third-order valence-electron chi connectivity index (χ3n) is 5.71. The Balaban J connectivity index is 1.59. The number of methoxy groups -OCH3 is 1. The molecule has 8 heteroatoms. The van der Waals surface area contributed by atoms with Gasteiger partial charge in [0, 0.05) is 24.3 Å². The monoisotopic (exact) mass is 443 g/mol. The fourth-order valence-electron chi connectivity index (χ4n) is 3.91. The summed E-state index contributed by atoms with van der Waals surface area (Å²) < 4.78 is 12.8. The first kappa shape index (κ1) is 24.1. The van der Waals surface area contributed by atoms with E-state index in [9.17, 15) is 4.79 Å². The first-order valence-electron chi connectivity index (χ1n) is 11.3. The Morgan fingerprint density at radius 3 is 2.53 bits per heavy atom. The van der Waals surface area contributed by atoms with Gasteiger partial charge in [0.1, 0.15) is 11.4 Å². The average Bonchev–Trinajstić information content (AvgIpc) is 3.20. The zero-order chi connectivity index (χ0) is 23.3. The summed E-state index contributed by atoms with van der Waals surface area (Å²) in [4.78, 5) is 16.9. The molecular formula is C24H37N5O3. The third kappa shape index (κ3) is 6.71. The minimum atomic E-state index is -0.563. The van der Waals surface area contributed by atoms with Gasteiger partial charge in [-0.05, 0) is 79.0 Å². The summed E-state index contributed by atoms with van der Waals surface area (Å²) in [7, 11) is 5.92. The third-order valence-corrected chi connectivity index (χ3v) is 5.71. The molecule has 1 fully saturated rings. The number of anilines is 1. The number of aromatic nitrogens is 2. The van der Waals surface area contributed by atoms with Crippen LogP contribution in [-0.4, -0.2) is 78.2 Å². The van der Waals surface area contributed by atoms with Crippen molar-refractivity contribution in [2.75, 3.05) is 46.2 Å². The molecule has 1 aromatic carbocycles. The molecule has 0 radical (unpaired) electrons. The molecule has 1 amide bonds. The van der Waals surface area contributed by atoms with E-state index in [1.165, 1.54) is 12.8 Å². The largest absolute Gasteiger partial charge is 0.495 e. The fraction of sp³-hybridized carbons (Fsp3) is 0.583. The van der Waals surface area contributed by atoms with Gasteiger partial charge in [0.15, 0.2) is 0 Å². The van der Waals surface area contributed by atoms with Gasteiger partial charge in [0.2, 0.25) is 0 Å². The lowest BCUT2D eigenvalue weighted by Crippen LogP contribution is -2.42. The first-order valence-corrected chi connectivity index (χ1v) is 11.3. The van der Waals surface area contributed by atoms with Crippen molar-refractivity contribution < 1.29 is 14.3 Å². The molecule has 32 heavy (non-hydrogen) atoms. The Morgan fingerprint density at radius 1 is 1.19 bits per heavy atom. The number of nitrogens with one attached hydrogen (secondary N) is 1. The van der Waals surface area contributed by atoms with Crippen LogP contribution in [0.15, 0.2) is 30.5 Å². The van der Waals surface area contributed by atoms with E-state index >= 15 is 0 Å². The van der Waals surface area contributed by atoms with Crippen LogP contribution < -0.4 is 10.1 Å². The van der Waals surface area contributed by atoms with Crippen molar-refractivity contribution in [3.63, 3.8) is 0 Å². The number of amides is 1. The lowest BCUT2D eigenvalue weighted by Gasteiger charge is -2.35. The maximum absolute atomic E-state index is 12.1. The van der Waals surface area contributed by atoms with Crippen molar-refractivity contribution in [3.05, 3.63) is 30.5 Å². The second-order valence-corrected chi connectivity index (χ2v) is 9.54. The molecular weight excluding hydrogens is 406 g/mol. The van der Waals surface area contributed by atoms with Crippen LogP contribution in [0.2, 0.25) is 0 Å².